The fraction of sp³-hybridized carbons (Fsp3) is 0.130. The number of ketones is 2. The average Bonchev–Trinajstić information content (AvgIpc) is 2.70. The third-order valence-electron chi connectivity index (χ3n) is 4.47. The van der Waals surface area contributed by atoms with Crippen molar-refractivity contribution in [3.63, 3.8) is 0 Å². The van der Waals surface area contributed by atoms with Gasteiger partial charge >= 0.3 is 0 Å². The summed E-state index contributed by atoms with van der Waals surface area (Å²) in [5.41, 5.74) is 2.10. The number of carbonyl (C=O) groups excluding carboxylic acids is 2. The fourth-order valence-corrected chi connectivity index (χ4v) is 3.31. The van der Waals surface area contributed by atoms with Crippen LogP contribution >= 0.6 is 23.2 Å². The molecule has 0 bridgehead atoms. The van der Waals surface area contributed by atoms with E-state index in [2.05, 4.69) is 0 Å². The maximum absolute atomic E-state index is 12.7. The molecule has 0 aliphatic rings. The van der Waals surface area contributed by atoms with Crippen LogP contribution in [0, 0.1) is 0 Å². The number of halogens is 2. The van der Waals surface area contributed by atoms with Gasteiger partial charge in [0.25, 0.3) is 0 Å². The lowest BCUT2D eigenvalue weighted by molar-refractivity contribution is 0.0944. The van der Waals surface area contributed by atoms with Crippen molar-refractivity contribution in [1.82, 2.24) is 0 Å². The number of carbonyl (C=O) groups is 2. The summed E-state index contributed by atoms with van der Waals surface area (Å²) < 4.78 is 0. The third kappa shape index (κ3) is 5.06. The van der Waals surface area contributed by atoms with Crippen LogP contribution in [0.4, 0.5) is 0 Å². The molecule has 0 aromatic heterocycles. The fourth-order valence-electron chi connectivity index (χ4n) is 3.01. The molecule has 0 atom stereocenters. The topological polar surface area (TPSA) is 34.1 Å². The molecule has 0 saturated heterocycles. The van der Waals surface area contributed by atoms with Gasteiger partial charge in [-0.05, 0) is 23.6 Å². The molecule has 3 aromatic carbocycles. The highest BCUT2D eigenvalue weighted by atomic mass is 35.5. The Bertz CT molecular complexity index is 884. The van der Waals surface area contributed by atoms with Crippen molar-refractivity contribution >= 4 is 34.8 Å². The summed E-state index contributed by atoms with van der Waals surface area (Å²) in [6.07, 6.45) is 0.446. The summed E-state index contributed by atoms with van der Waals surface area (Å²) >= 11 is 12.2. The van der Waals surface area contributed by atoms with Crippen LogP contribution in [-0.4, -0.2) is 11.6 Å². The molecule has 4 heteroatoms. The van der Waals surface area contributed by atoms with E-state index in [1.807, 2.05) is 42.5 Å². The second kappa shape index (κ2) is 8.98. The third-order valence-corrected chi connectivity index (χ3v) is 5.21. The van der Waals surface area contributed by atoms with Gasteiger partial charge < -0.3 is 0 Å². The highest BCUT2D eigenvalue weighted by Crippen LogP contribution is 2.32. The van der Waals surface area contributed by atoms with Crippen LogP contribution in [0.3, 0.4) is 0 Å². The zero-order valence-electron chi connectivity index (χ0n) is 14.6. The zero-order valence-corrected chi connectivity index (χ0v) is 16.1. The van der Waals surface area contributed by atoms with Crippen molar-refractivity contribution in [3.05, 3.63) is 106 Å². The smallest absolute Gasteiger partial charge is 0.163 e. The number of Topliss-reactive ketones (excluding diaryl/α,β-unsaturated/α-hetero) is 2. The van der Waals surface area contributed by atoms with Gasteiger partial charge in [-0.25, -0.2) is 0 Å². The van der Waals surface area contributed by atoms with E-state index in [0.717, 1.165) is 5.56 Å². The molecule has 3 rings (SSSR count). The predicted molar refractivity (Wildman–Crippen MR) is 110 cm³/mol. The molecule has 3 aromatic rings. The van der Waals surface area contributed by atoms with E-state index in [4.69, 9.17) is 23.2 Å². The highest BCUT2D eigenvalue weighted by Gasteiger charge is 2.22. The van der Waals surface area contributed by atoms with Crippen LogP contribution < -0.4 is 0 Å². The summed E-state index contributed by atoms with van der Waals surface area (Å²) in [4.78, 5) is 25.5. The SMILES string of the molecule is O=C(CC(CC(=O)c1ccccc1)c1ccc(Cl)c(Cl)c1)c1ccccc1. The monoisotopic (exact) mass is 396 g/mol. The molecule has 2 nitrogen and oxygen atoms in total. The normalized spacial score (nSPS) is 10.8. The van der Waals surface area contributed by atoms with Crippen molar-refractivity contribution in [2.45, 2.75) is 18.8 Å². The predicted octanol–water partition coefficient (Wildman–Crippen LogP) is 6.62. The summed E-state index contributed by atoms with van der Waals surface area (Å²) in [6.45, 7) is 0. The largest absolute Gasteiger partial charge is 0.294 e. The van der Waals surface area contributed by atoms with Gasteiger partial charge in [0.05, 0.1) is 10.0 Å². The standard InChI is InChI=1S/C23H18Cl2O2/c24-20-12-11-18(13-21(20)25)19(14-22(26)16-7-3-1-4-8-16)15-23(27)17-9-5-2-6-10-17/h1-13,19H,14-15H2. The maximum atomic E-state index is 12.7. The Labute approximate surface area is 168 Å². The summed E-state index contributed by atoms with van der Waals surface area (Å²) in [5, 5.41) is 0.862. The average molecular weight is 397 g/mol. The first-order valence-corrected chi connectivity index (χ1v) is 9.41. The lowest BCUT2D eigenvalue weighted by Gasteiger charge is -2.17. The Morgan fingerprint density at radius 1 is 0.667 bits per heavy atom. The molecule has 0 saturated carbocycles. The van der Waals surface area contributed by atoms with E-state index in [1.165, 1.54) is 0 Å². The van der Waals surface area contributed by atoms with Crippen LogP contribution in [0.25, 0.3) is 0 Å². The van der Waals surface area contributed by atoms with E-state index in [-0.39, 0.29) is 30.3 Å². The van der Waals surface area contributed by atoms with E-state index in [1.54, 1.807) is 36.4 Å². The van der Waals surface area contributed by atoms with Crippen LogP contribution in [0.2, 0.25) is 10.0 Å². The molecule has 0 heterocycles. The molecular formula is C23H18Cl2O2. The van der Waals surface area contributed by atoms with Crippen molar-refractivity contribution in [1.29, 1.82) is 0 Å². The van der Waals surface area contributed by atoms with Crippen molar-refractivity contribution < 1.29 is 9.59 Å². The molecule has 0 radical (unpaired) electrons. The Morgan fingerprint density at radius 3 is 1.59 bits per heavy atom. The van der Waals surface area contributed by atoms with E-state index in [0.29, 0.717) is 21.2 Å². The molecule has 27 heavy (non-hydrogen) atoms. The molecule has 0 N–H and O–H groups in total. The molecular weight excluding hydrogens is 379 g/mol. The second-order valence-corrected chi connectivity index (χ2v) is 7.17. The van der Waals surface area contributed by atoms with Gasteiger partial charge in [0.2, 0.25) is 0 Å². The molecule has 0 spiro atoms. The number of hydrogen-bond acceptors (Lipinski definition) is 2. The number of benzene rings is 3. The molecule has 136 valence electrons. The number of rotatable bonds is 7. The van der Waals surface area contributed by atoms with Gasteiger partial charge in [0.1, 0.15) is 0 Å². The minimum Gasteiger partial charge on any atom is -0.294 e. The Morgan fingerprint density at radius 2 is 1.15 bits per heavy atom. The van der Waals surface area contributed by atoms with Gasteiger partial charge in [-0.15, -0.1) is 0 Å². The number of hydrogen-bond donors (Lipinski definition) is 0. The lowest BCUT2D eigenvalue weighted by Crippen LogP contribution is -2.13. The van der Waals surface area contributed by atoms with Crippen molar-refractivity contribution in [3.8, 4) is 0 Å². The van der Waals surface area contributed by atoms with Gasteiger partial charge in [0, 0.05) is 24.0 Å². The Hall–Kier alpha value is -2.42. The first kappa shape index (κ1) is 19.3. The van der Waals surface area contributed by atoms with Gasteiger partial charge in [-0.3, -0.25) is 9.59 Å². The van der Waals surface area contributed by atoms with Gasteiger partial charge in [0.15, 0.2) is 11.6 Å². The Balaban J connectivity index is 1.87. The van der Waals surface area contributed by atoms with Crippen LogP contribution in [0.5, 0.6) is 0 Å². The maximum Gasteiger partial charge on any atom is 0.163 e. The van der Waals surface area contributed by atoms with Crippen LogP contribution in [0.15, 0.2) is 78.9 Å². The summed E-state index contributed by atoms with van der Waals surface area (Å²) in [6, 6.07) is 23.5. The van der Waals surface area contributed by atoms with Gasteiger partial charge in [-0.2, -0.15) is 0 Å². The van der Waals surface area contributed by atoms with Crippen molar-refractivity contribution in [2.24, 2.45) is 0 Å². The summed E-state index contributed by atoms with van der Waals surface area (Å²) in [7, 11) is 0. The van der Waals surface area contributed by atoms with Crippen LogP contribution in [0.1, 0.15) is 45.0 Å². The summed E-state index contributed by atoms with van der Waals surface area (Å²) in [5.74, 6) is -0.291. The van der Waals surface area contributed by atoms with Gasteiger partial charge in [-0.1, -0.05) is 89.9 Å². The van der Waals surface area contributed by atoms with E-state index in [9.17, 15) is 9.59 Å². The molecule has 0 aliphatic heterocycles. The molecule has 0 fully saturated rings. The molecule has 0 amide bonds. The first-order chi connectivity index (χ1) is 13.0. The quantitative estimate of drug-likeness (QED) is 0.420. The highest BCUT2D eigenvalue weighted by molar-refractivity contribution is 6.42. The zero-order chi connectivity index (χ0) is 19.2. The van der Waals surface area contributed by atoms with E-state index >= 15 is 0 Å². The Kier molecular flexibility index (Phi) is 6.44. The second-order valence-electron chi connectivity index (χ2n) is 6.36. The minimum atomic E-state index is -0.278. The van der Waals surface area contributed by atoms with E-state index < -0.39 is 0 Å². The first-order valence-electron chi connectivity index (χ1n) is 8.66. The van der Waals surface area contributed by atoms with Crippen molar-refractivity contribution in [2.75, 3.05) is 0 Å². The molecule has 0 aliphatic carbocycles. The van der Waals surface area contributed by atoms with Crippen LogP contribution in [-0.2, 0) is 0 Å². The lowest BCUT2D eigenvalue weighted by atomic mass is 9.86. The minimum absolute atomic E-state index is 0.00691. The molecule has 0 unspecified atom stereocenters.